The Kier molecular flexibility index (Phi) is 5.41. The average molecular weight is 272 g/mol. The summed E-state index contributed by atoms with van der Waals surface area (Å²) < 4.78 is 0. The van der Waals surface area contributed by atoms with Crippen LogP contribution in [0.5, 0.6) is 0 Å². The van der Waals surface area contributed by atoms with E-state index in [9.17, 15) is 5.11 Å². The summed E-state index contributed by atoms with van der Waals surface area (Å²) in [5.74, 6) is 5.20. The van der Waals surface area contributed by atoms with Gasteiger partial charge in [-0.1, -0.05) is 27.7 Å². The van der Waals surface area contributed by atoms with Crippen LogP contribution < -0.4 is 5.90 Å². The molecule has 1 saturated heterocycles. The lowest BCUT2D eigenvalue weighted by Crippen LogP contribution is -2.40. The van der Waals surface area contributed by atoms with Gasteiger partial charge in [-0.3, -0.25) is 0 Å². The number of rotatable bonds is 4. The van der Waals surface area contributed by atoms with Gasteiger partial charge in [-0.15, -0.1) is 0 Å². The molecule has 4 nitrogen and oxygen atoms in total. The summed E-state index contributed by atoms with van der Waals surface area (Å²) in [6.07, 6.45) is 3.22. The van der Waals surface area contributed by atoms with E-state index in [1.54, 1.807) is 0 Å². The van der Waals surface area contributed by atoms with E-state index in [0.717, 1.165) is 32.4 Å². The van der Waals surface area contributed by atoms with Gasteiger partial charge in [0.05, 0.1) is 13.2 Å². The van der Waals surface area contributed by atoms with Crippen LogP contribution in [0.3, 0.4) is 0 Å². The first-order valence-corrected chi connectivity index (χ1v) is 7.50. The minimum Gasteiger partial charge on any atom is -0.396 e. The molecule has 1 aliphatic heterocycles. The highest BCUT2D eigenvalue weighted by molar-refractivity contribution is 5.13. The molecular formula is C15H32N2O2. The highest BCUT2D eigenvalue weighted by Gasteiger charge is 2.63. The van der Waals surface area contributed by atoms with Gasteiger partial charge in [-0.25, -0.2) is 5.90 Å². The van der Waals surface area contributed by atoms with Gasteiger partial charge in [0.25, 0.3) is 0 Å². The highest BCUT2D eigenvalue weighted by Crippen LogP contribution is 2.65. The van der Waals surface area contributed by atoms with Gasteiger partial charge < -0.3 is 14.8 Å². The third kappa shape index (κ3) is 2.97. The van der Waals surface area contributed by atoms with Crippen molar-refractivity contribution < 1.29 is 9.94 Å². The summed E-state index contributed by atoms with van der Waals surface area (Å²) in [6.45, 7) is 11.6. The van der Waals surface area contributed by atoms with E-state index < -0.39 is 0 Å². The van der Waals surface area contributed by atoms with Crippen molar-refractivity contribution in [3.05, 3.63) is 0 Å². The summed E-state index contributed by atoms with van der Waals surface area (Å²) >= 11 is 0. The number of hydrogen-bond acceptors (Lipinski definition) is 4. The first-order chi connectivity index (χ1) is 8.89. The largest absolute Gasteiger partial charge is 0.396 e. The Balaban J connectivity index is 0.000000861. The summed E-state index contributed by atoms with van der Waals surface area (Å²) in [5, 5.41) is 9.94. The second-order valence-electron chi connectivity index (χ2n) is 7.03. The van der Waals surface area contributed by atoms with Crippen molar-refractivity contribution >= 4 is 0 Å². The Labute approximate surface area is 118 Å². The fourth-order valence-electron chi connectivity index (χ4n) is 4.77. The van der Waals surface area contributed by atoms with E-state index in [1.165, 1.54) is 0 Å². The molecule has 1 aliphatic carbocycles. The number of hydrogen-bond donors (Lipinski definition) is 2. The predicted molar refractivity (Wildman–Crippen MR) is 78.6 cm³/mol. The van der Waals surface area contributed by atoms with Gasteiger partial charge >= 0.3 is 0 Å². The fraction of sp³-hybridized carbons (Fsp3) is 1.00. The lowest BCUT2D eigenvalue weighted by atomic mass is 9.67. The van der Waals surface area contributed by atoms with Gasteiger partial charge in [-0.05, 0) is 37.1 Å². The molecule has 2 aliphatic rings. The molecule has 0 aromatic heterocycles. The van der Waals surface area contributed by atoms with E-state index in [1.807, 2.05) is 13.8 Å². The molecule has 4 heteroatoms. The lowest BCUT2D eigenvalue weighted by Gasteiger charge is -2.38. The number of aliphatic hydroxyl groups excluding tert-OH is 1. The van der Waals surface area contributed by atoms with E-state index in [0.29, 0.717) is 12.0 Å². The average Bonchev–Trinajstić information content (AvgIpc) is 2.72. The highest BCUT2D eigenvalue weighted by atomic mass is 16.6. The Morgan fingerprint density at radius 1 is 1.16 bits per heavy atom. The van der Waals surface area contributed by atoms with Crippen molar-refractivity contribution in [1.29, 1.82) is 0 Å². The second-order valence-corrected chi connectivity index (χ2v) is 7.03. The molecule has 1 heterocycles. The first-order valence-electron chi connectivity index (χ1n) is 7.50. The lowest BCUT2D eigenvalue weighted by molar-refractivity contribution is 0.0187. The molecule has 0 radical (unpaired) electrons. The van der Waals surface area contributed by atoms with Crippen LogP contribution in [0.15, 0.2) is 0 Å². The number of fused-ring (bicyclic) bond motifs is 1. The van der Waals surface area contributed by atoms with Crippen LogP contribution in [0.25, 0.3) is 0 Å². The van der Waals surface area contributed by atoms with Gasteiger partial charge in [0.1, 0.15) is 0 Å². The number of aliphatic hydroxyl groups is 1. The Morgan fingerprint density at radius 3 is 2.21 bits per heavy atom. The summed E-state index contributed by atoms with van der Waals surface area (Å²) in [7, 11) is 2.15. The molecule has 114 valence electrons. The monoisotopic (exact) mass is 272 g/mol. The zero-order valence-electron chi connectivity index (χ0n) is 13.3. The molecular weight excluding hydrogens is 240 g/mol. The maximum atomic E-state index is 9.94. The third-order valence-corrected chi connectivity index (χ3v) is 4.91. The van der Waals surface area contributed by atoms with Crippen LogP contribution in [-0.4, -0.2) is 43.4 Å². The molecule has 0 aromatic carbocycles. The molecule has 19 heavy (non-hydrogen) atoms. The molecule has 2 rings (SSSR count). The maximum Gasteiger partial charge on any atom is 0.0685 e. The van der Waals surface area contributed by atoms with E-state index in [4.69, 9.17) is 10.7 Å². The maximum absolute atomic E-state index is 9.94. The van der Waals surface area contributed by atoms with Gasteiger partial charge in [0.2, 0.25) is 0 Å². The Hall–Kier alpha value is -0.160. The molecule has 0 spiro atoms. The van der Waals surface area contributed by atoms with E-state index in [2.05, 4.69) is 25.8 Å². The third-order valence-electron chi connectivity index (χ3n) is 4.91. The SMILES string of the molecule is CC.CN1CC2(CO)CC(C)(C)CC2(CCON)C1. The van der Waals surface area contributed by atoms with Crippen molar-refractivity contribution in [3.8, 4) is 0 Å². The predicted octanol–water partition coefficient (Wildman–Crippen LogP) is 2.02. The van der Waals surface area contributed by atoms with Gasteiger partial charge in [0, 0.05) is 18.5 Å². The number of nitrogens with zero attached hydrogens (tertiary/aromatic N) is 1. The Bertz CT molecular complexity index is 296. The van der Waals surface area contributed by atoms with Crippen molar-refractivity contribution in [2.45, 2.75) is 47.0 Å². The normalized spacial score (nSPS) is 36.8. The zero-order chi connectivity index (χ0) is 14.7. The minimum absolute atomic E-state index is 0.0454. The molecule has 0 bridgehead atoms. The second kappa shape index (κ2) is 6.08. The van der Waals surface area contributed by atoms with Crippen LogP contribution in [0, 0.1) is 16.2 Å². The molecule has 2 fully saturated rings. The standard InChI is InChI=1S/C13H26N2O2.C2H6/c1-11(2)6-12(4-5-17-14)8-15(3)9-13(12,7-11)10-16;1-2/h16H,4-10,14H2,1-3H3;1-2H3. The molecule has 2 unspecified atom stereocenters. The number of nitrogens with two attached hydrogens (primary N) is 1. The van der Waals surface area contributed by atoms with Crippen LogP contribution in [0.1, 0.15) is 47.0 Å². The zero-order valence-corrected chi connectivity index (χ0v) is 13.3. The fourth-order valence-corrected chi connectivity index (χ4v) is 4.77. The summed E-state index contributed by atoms with van der Waals surface area (Å²) in [4.78, 5) is 7.15. The van der Waals surface area contributed by atoms with Crippen LogP contribution in [0.2, 0.25) is 0 Å². The van der Waals surface area contributed by atoms with Crippen LogP contribution in [0.4, 0.5) is 0 Å². The van der Waals surface area contributed by atoms with E-state index >= 15 is 0 Å². The summed E-state index contributed by atoms with van der Waals surface area (Å²) in [6, 6.07) is 0. The summed E-state index contributed by atoms with van der Waals surface area (Å²) in [5.41, 5.74) is 0.543. The van der Waals surface area contributed by atoms with E-state index in [-0.39, 0.29) is 17.4 Å². The smallest absolute Gasteiger partial charge is 0.0685 e. The number of likely N-dealkylation sites (tertiary alicyclic amines) is 1. The van der Waals surface area contributed by atoms with Crippen LogP contribution in [-0.2, 0) is 4.84 Å². The first kappa shape index (κ1) is 16.9. The van der Waals surface area contributed by atoms with Crippen molar-refractivity contribution in [2.75, 3.05) is 33.4 Å². The quantitative estimate of drug-likeness (QED) is 0.769. The molecule has 0 aromatic rings. The van der Waals surface area contributed by atoms with Crippen molar-refractivity contribution in [1.82, 2.24) is 4.90 Å². The minimum atomic E-state index is 0.0454. The Morgan fingerprint density at radius 2 is 1.68 bits per heavy atom. The molecule has 2 atom stereocenters. The molecule has 0 amide bonds. The van der Waals surface area contributed by atoms with Gasteiger partial charge in [-0.2, -0.15) is 0 Å². The van der Waals surface area contributed by atoms with Gasteiger partial charge in [0.15, 0.2) is 0 Å². The topological polar surface area (TPSA) is 58.7 Å². The molecule has 1 saturated carbocycles. The van der Waals surface area contributed by atoms with Crippen molar-refractivity contribution in [2.24, 2.45) is 22.1 Å². The van der Waals surface area contributed by atoms with Crippen molar-refractivity contribution in [3.63, 3.8) is 0 Å². The van der Waals surface area contributed by atoms with Crippen LogP contribution >= 0.6 is 0 Å². The molecule has 3 N–H and O–H groups in total.